The highest BCUT2D eigenvalue weighted by Gasteiger charge is 2.39. The molecular formula is C29H40N2O7SSi. The van der Waals surface area contributed by atoms with Crippen LogP contribution in [0.2, 0.25) is 18.1 Å². The molecule has 218 valence electrons. The largest absolute Gasteiger partial charge is 0.496 e. The topological polar surface area (TPSA) is 116 Å². The second kappa shape index (κ2) is 11.8. The number of nitro groups is 1. The summed E-state index contributed by atoms with van der Waals surface area (Å²) in [5.41, 5.74) is 2.09. The van der Waals surface area contributed by atoms with Crippen molar-refractivity contribution >= 4 is 35.3 Å². The Labute approximate surface area is 238 Å². The summed E-state index contributed by atoms with van der Waals surface area (Å²) in [6.07, 6.45) is 2.47. The van der Waals surface area contributed by atoms with E-state index in [9.17, 15) is 23.3 Å². The van der Waals surface area contributed by atoms with Gasteiger partial charge in [0.2, 0.25) is 0 Å². The van der Waals surface area contributed by atoms with E-state index in [-0.39, 0.29) is 33.5 Å². The number of nitro benzene ring substituents is 1. The van der Waals surface area contributed by atoms with Gasteiger partial charge in [-0.05, 0) is 60.3 Å². The minimum atomic E-state index is -3.32. The van der Waals surface area contributed by atoms with Crippen molar-refractivity contribution in [1.82, 2.24) is 4.90 Å². The molecule has 0 spiro atoms. The van der Waals surface area contributed by atoms with Crippen LogP contribution in [-0.4, -0.2) is 64.5 Å². The maximum Gasteiger partial charge on any atom is 0.282 e. The summed E-state index contributed by atoms with van der Waals surface area (Å²) >= 11 is 0. The fourth-order valence-electron chi connectivity index (χ4n) is 4.37. The van der Waals surface area contributed by atoms with Crippen LogP contribution >= 0.6 is 0 Å². The first-order chi connectivity index (χ1) is 18.5. The number of carbonyl (C=O) groups is 1. The standard InChI is InChI=1S/C29H40N2O7SSi/c1-9-39(35,36)24-12-10-21(11-13-24)22-14-15-30(23(17-22)19-38-40(7,8)29(3,4)5)28(32)25-18-27(37-6)20(2)16-26(25)31(33)34/h10-13,16-18,23H,9,14-15,19H2,1-8H3/t23-/m0/s1. The first-order valence-electron chi connectivity index (χ1n) is 13.3. The van der Waals surface area contributed by atoms with Crippen molar-refractivity contribution in [2.24, 2.45) is 0 Å². The van der Waals surface area contributed by atoms with Crippen LogP contribution < -0.4 is 4.74 Å². The number of rotatable bonds is 9. The minimum Gasteiger partial charge on any atom is -0.496 e. The first-order valence-corrected chi connectivity index (χ1v) is 17.9. The van der Waals surface area contributed by atoms with E-state index in [1.54, 1.807) is 43.0 Å². The summed E-state index contributed by atoms with van der Waals surface area (Å²) in [4.78, 5) is 27.1. The van der Waals surface area contributed by atoms with Crippen LogP contribution in [0, 0.1) is 17.0 Å². The summed E-state index contributed by atoms with van der Waals surface area (Å²) in [5.74, 6) is -0.0403. The van der Waals surface area contributed by atoms with Gasteiger partial charge in [0.15, 0.2) is 18.2 Å². The normalized spacial score (nSPS) is 16.4. The van der Waals surface area contributed by atoms with Gasteiger partial charge in [-0.3, -0.25) is 14.9 Å². The molecule has 1 atom stereocenters. The number of carbonyl (C=O) groups excluding carboxylic acids is 1. The van der Waals surface area contributed by atoms with E-state index in [4.69, 9.17) is 9.16 Å². The number of methoxy groups -OCH3 is 1. The van der Waals surface area contributed by atoms with E-state index in [1.165, 1.54) is 19.2 Å². The Morgan fingerprint density at radius 2 is 1.80 bits per heavy atom. The van der Waals surface area contributed by atoms with E-state index >= 15 is 0 Å². The lowest BCUT2D eigenvalue weighted by Gasteiger charge is -2.40. The maximum atomic E-state index is 13.9. The molecule has 1 aliphatic rings. The third-order valence-corrected chi connectivity index (χ3v) is 14.3. The van der Waals surface area contributed by atoms with Crippen LogP contribution in [-0.2, 0) is 14.3 Å². The van der Waals surface area contributed by atoms with Crippen molar-refractivity contribution in [3.63, 3.8) is 0 Å². The summed E-state index contributed by atoms with van der Waals surface area (Å²) in [7, 11) is -4.04. The molecule has 11 heteroatoms. The number of aryl methyl sites for hydroxylation is 1. The molecule has 1 aliphatic heterocycles. The number of sulfone groups is 1. The van der Waals surface area contributed by atoms with Gasteiger partial charge in [0, 0.05) is 18.7 Å². The molecule has 1 amide bonds. The number of nitrogens with zero attached hydrogens (tertiary/aromatic N) is 2. The second-order valence-electron chi connectivity index (χ2n) is 11.6. The highest BCUT2D eigenvalue weighted by molar-refractivity contribution is 7.91. The smallest absolute Gasteiger partial charge is 0.282 e. The molecule has 0 bridgehead atoms. The lowest BCUT2D eigenvalue weighted by molar-refractivity contribution is -0.385. The van der Waals surface area contributed by atoms with E-state index in [0.717, 1.165) is 11.1 Å². The van der Waals surface area contributed by atoms with E-state index in [1.807, 2.05) is 6.08 Å². The predicted molar refractivity (Wildman–Crippen MR) is 159 cm³/mol. The first kappa shape index (κ1) is 31.5. The average molecular weight is 589 g/mol. The number of hydrogen-bond donors (Lipinski definition) is 0. The van der Waals surface area contributed by atoms with Gasteiger partial charge in [0.1, 0.15) is 11.3 Å². The lowest BCUT2D eigenvalue weighted by atomic mass is 9.95. The number of hydrogen-bond acceptors (Lipinski definition) is 7. The van der Waals surface area contributed by atoms with Gasteiger partial charge in [-0.1, -0.05) is 45.9 Å². The fourth-order valence-corrected chi connectivity index (χ4v) is 6.27. The Balaban J connectivity index is 2.04. The Morgan fingerprint density at radius 1 is 1.18 bits per heavy atom. The highest BCUT2D eigenvalue weighted by atomic mass is 32.2. The van der Waals surface area contributed by atoms with E-state index < -0.39 is 35.0 Å². The number of ether oxygens (including phenoxy) is 1. The van der Waals surface area contributed by atoms with Gasteiger partial charge >= 0.3 is 0 Å². The van der Waals surface area contributed by atoms with Crippen LogP contribution in [0.15, 0.2) is 47.4 Å². The highest BCUT2D eigenvalue weighted by Crippen LogP contribution is 2.38. The van der Waals surface area contributed by atoms with E-state index in [0.29, 0.717) is 24.3 Å². The van der Waals surface area contributed by atoms with Gasteiger partial charge in [0.25, 0.3) is 11.6 Å². The van der Waals surface area contributed by atoms with Crippen molar-refractivity contribution in [3.8, 4) is 5.75 Å². The molecule has 0 unspecified atom stereocenters. The molecule has 0 aromatic heterocycles. The Kier molecular flexibility index (Phi) is 9.32. The molecular weight excluding hydrogens is 548 g/mol. The predicted octanol–water partition coefficient (Wildman–Crippen LogP) is 6.03. The van der Waals surface area contributed by atoms with Gasteiger partial charge in [0.05, 0.1) is 35.3 Å². The molecule has 3 rings (SSSR count). The third-order valence-electron chi connectivity index (χ3n) is 8.00. The zero-order valence-electron chi connectivity index (χ0n) is 24.6. The summed E-state index contributed by atoms with van der Waals surface area (Å²) in [6.45, 7) is 14.5. The molecule has 0 radical (unpaired) electrons. The Bertz CT molecular complexity index is 1410. The lowest BCUT2D eigenvalue weighted by Crippen LogP contribution is -2.49. The monoisotopic (exact) mass is 588 g/mol. The Hall–Kier alpha value is -3.02. The van der Waals surface area contributed by atoms with Gasteiger partial charge in [-0.15, -0.1) is 0 Å². The molecule has 2 aromatic rings. The van der Waals surface area contributed by atoms with Crippen molar-refractivity contribution in [1.29, 1.82) is 0 Å². The van der Waals surface area contributed by atoms with Gasteiger partial charge in [-0.25, -0.2) is 8.42 Å². The third kappa shape index (κ3) is 6.64. The zero-order valence-corrected chi connectivity index (χ0v) is 26.4. The van der Waals surface area contributed by atoms with Gasteiger partial charge in [-0.2, -0.15) is 0 Å². The second-order valence-corrected chi connectivity index (χ2v) is 18.7. The summed E-state index contributed by atoms with van der Waals surface area (Å²) < 4.78 is 36.4. The van der Waals surface area contributed by atoms with Crippen LogP contribution in [0.1, 0.15) is 55.6 Å². The zero-order chi connectivity index (χ0) is 30.0. The van der Waals surface area contributed by atoms with Crippen LogP contribution in [0.5, 0.6) is 5.75 Å². The molecule has 1 heterocycles. The summed E-state index contributed by atoms with van der Waals surface area (Å²) in [6, 6.07) is 9.11. The van der Waals surface area contributed by atoms with Crippen molar-refractivity contribution < 1.29 is 27.3 Å². The molecule has 0 saturated carbocycles. The molecule has 2 aromatic carbocycles. The molecule has 9 nitrogen and oxygen atoms in total. The fraction of sp³-hybridized carbons (Fsp3) is 0.483. The molecule has 0 N–H and O–H groups in total. The van der Waals surface area contributed by atoms with Crippen LogP contribution in [0.25, 0.3) is 5.57 Å². The van der Waals surface area contributed by atoms with Crippen LogP contribution in [0.4, 0.5) is 5.69 Å². The minimum absolute atomic E-state index is 0.0227. The van der Waals surface area contributed by atoms with Crippen molar-refractivity contribution in [2.75, 3.05) is 26.0 Å². The van der Waals surface area contributed by atoms with Crippen molar-refractivity contribution in [3.05, 3.63) is 69.3 Å². The summed E-state index contributed by atoms with van der Waals surface area (Å²) in [5, 5.41) is 11.8. The SMILES string of the molecule is CCS(=O)(=O)c1ccc(C2=C[C@@H](CO[Si](C)(C)C(C)(C)C)N(C(=O)c3cc(OC)c(C)cc3[N+](=O)[O-])CC2)cc1. The number of benzene rings is 2. The maximum absolute atomic E-state index is 13.9. The van der Waals surface area contributed by atoms with Crippen LogP contribution in [0.3, 0.4) is 0 Å². The number of amides is 1. The Morgan fingerprint density at radius 3 is 2.33 bits per heavy atom. The molecule has 40 heavy (non-hydrogen) atoms. The molecule has 0 saturated heterocycles. The van der Waals surface area contributed by atoms with Crippen molar-refractivity contribution in [2.45, 2.75) is 70.1 Å². The molecule has 0 aliphatic carbocycles. The van der Waals surface area contributed by atoms with Gasteiger partial charge < -0.3 is 14.1 Å². The quantitative estimate of drug-likeness (QED) is 0.200. The average Bonchev–Trinajstić information content (AvgIpc) is 2.90. The van der Waals surface area contributed by atoms with E-state index in [2.05, 4.69) is 33.9 Å². The molecule has 0 fully saturated rings.